The molecule has 1 aliphatic heterocycles. The van der Waals surface area contributed by atoms with Crippen LogP contribution in [0.5, 0.6) is 0 Å². The van der Waals surface area contributed by atoms with Crippen LogP contribution < -0.4 is 10.2 Å². The summed E-state index contributed by atoms with van der Waals surface area (Å²) >= 11 is 6.04. The largest absolute Gasteiger partial charge is 0.416 e. The molecule has 0 aromatic heterocycles. The predicted octanol–water partition coefficient (Wildman–Crippen LogP) is 6.60. The molecule has 35 heavy (non-hydrogen) atoms. The third-order valence-electron chi connectivity index (χ3n) is 6.26. The van der Waals surface area contributed by atoms with Crippen LogP contribution in [0, 0.1) is 11.3 Å². The first-order valence-corrected chi connectivity index (χ1v) is 11.4. The monoisotopic (exact) mass is 497 g/mol. The van der Waals surface area contributed by atoms with Gasteiger partial charge in [-0.15, -0.1) is 0 Å². The standard InChI is InChI=1S/C27H23ClF3N3O/c1-26(2,19-7-4-8-20(14-19)27(29,30)31)33-23-15-24(18-6-3-5-17(13-18)16-32)34(25(23)35)22-11-9-21(28)10-12-22/h3-14,23-24,33H,15H2,1-2H3. The second kappa shape index (κ2) is 9.37. The maximum atomic E-state index is 13.6. The van der Waals surface area contributed by atoms with Crippen molar-refractivity contribution in [2.75, 3.05) is 4.90 Å². The Morgan fingerprint density at radius 1 is 1.00 bits per heavy atom. The normalized spacial score (nSPS) is 18.5. The van der Waals surface area contributed by atoms with Crippen molar-refractivity contribution in [3.63, 3.8) is 0 Å². The van der Waals surface area contributed by atoms with Crippen molar-refractivity contribution in [1.82, 2.24) is 5.32 Å². The topological polar surface area (TPSA) is 56.1 Å². The van der Waals surface area contributed by atoms with Crippen molar-refractivity contribution in [2.24, 2.45) is 0 Å². The summed E-state index contributed by atoms with van der Waals surface area (Å²) in [4.78, 5) is 15.3. The molecule has 1 saturated heterocycles. The molecular weight excluding hydrogens is 475 g/mol. The third kappa shape index (κ3) is 5.19. The summed E-state index contributed by atoms with van der Waals surface area (Å²) in [5, 5.41) is 13.2. The number of rotatable bonds is 5. The lowest BCUT2D eigenvalue weighted by Gasteiger charge is -2.30. The first-order valence-electron chi connectivity index (χ1n) is 11.0. The molecule has 8 heteroatoms. The van der Waals surface area contributed by atoms with E-state index < -0.39 is 23.3 Å². The molecule has 3 aromatic rings. The Morgan fingerprint density at radius 3 is 2.31 bits per heavy atom. The van der Waals surface area contributed by atoms with Crippen LogP contribution in [-0.4, -0.2) is 11.9 Å². The summed E-state index contributed by atoms with van der Waals surface area (Å²) in [7, 11) is 0. The second-order valence-electron chi connectivity index (χ2n) is 9.07. The van der Waals surface area contributed by atoms with Crippen molar-refractivity contribution in [3.05, 3.63) is 100 Å². The number of anilines is 1. The van der Waals surface area contributed by atoms with Gasteiger partial charge < -0.3 is 4.90 Å². The van der Waals surface area contributed by atoms with Gasteiger partial charge in [-0.25, -0.2) is 0 Å². The van der Waals surface area contributed by atoms with Gasteiger partial charge in [-0.05, 0) is 79.9 Å². The number of hydrogen-bond acceptors (Lipinski definition) is 3. The molecule has 0 spiro atoms. The lowest BCUT2D eigenvalue weighted by molar-refractivity contribution is -0.137. The Kier molecular flexibility index (Phi) is 6.63. The molecule has 1 aliphatic rings. The van der Waals surface area contributed by atoms with Gasteiger partial charge in [0, 0.05) is 16.2 Å². The van der Waals surface area contributed by atoms with E-state index in [0.717, 1.165) is 17.7 Å². The van der Waals surface area contributed by atoms with E-state index in [-0.39, 0.29) is 11.9 Å². The Morgan fingerprint density at radius 2 is 1.66 bits per heavy atom. The molecule has 2 atom stereocenters. The van der Waals surface area contributed by atoms with Gasteiger partial charge in [0.2, 0.25) is 5.91 Å². The quantitative estimate of drug-likeness (QED) is 0.432. The summed E-state index contributed by atoms with van der Waals surface area (Å²) in [6.45, 7) is 3.51. The van der Waals surface area contributed by atoms with Crippen LogP contribution in [0.1, 0.15) is 48.6 Å². The van der Waals surface area contributed by atoms with Crippen LogP contribution in [0.25, 0.3) is 0 Å². The summed E-state index contributed by atoms with van der Waals surface area (Å²) in [6, 6.07) is 20.2. The van der Waals surface area contributed by atoms with Crippen molar-refractivity contribution in [3.8, 4) is 6.07 Å². The fourth-order valence-electron chi connectivity index (χ4n) is 4.48. The van der Waals surface area contributed by atoms with Gasteiger partial charge >= 0.3 is 6.18 Å². The maximum absolute atomic E-state index is 13.6. The number of carbonyl (C=O) groups excluding carboxylic acids is 1. The van der Waals surface area contributed by atoms with Gasteiger partial charge in [0.15, 0.2) is 0 Å². The number of benzene rings is 3. The number of hydrogen-bond donors (Lipinski definition) is 1. The molecule has 4 rings (SSSR count). The van der Waals surface area contributed by atoms with Crippen molar-refractivity contribution in [2.45, 2.75) is 44.1 Å². The molecule has 4 nitrogen and oxygen atoms in total. The van der Waals surface area contributed by atoms with E-state index in [1.165, 1.54) is 6.07 Å². The molecule has 0 saturated carbocycles. The van der Waals surface area contributed by atoms with E-state index in [9.17, 15) is 23.2 Å². The molecule has 3 aromatic carbocycles. The molecule has 1 amide bonds. The van der Waals surface area contributed by atoms with Crippen LogP contribution in [-0.2, 0) is 16.5 Å². The van der Waals surface area contributed by atoms with Crippen LogP contribution in [0.15, 0.2) is 72.8 Å². The van der Waals surface area contributed by atoms with Crippen LogP contribution in [0.3, 0.4) is 0 Å². The number of halogens is 4. The minimum Gasteiger partial charge on any atom is -0.304 e. The van der Waals surface area contributed by atoms with Gasteiger partial charge in [-0.3, -0.25) is 10.1 Å². The van der Waals surface area contributed by atoms with Crippen LogP contribution in [0.2, 0.25) is 5.02 Å². The number of alkyl halides is 3. The van der Waals surface area contributed by atoms with Gasteiger partial charge in [-0.1, -0.05) is 35.9 Å². The molecule has 2 unspecified atom stereocenters. The van der Waals surface area contributed by atoms with Gasteiger partial charge in [0.25, 0.3) is 0 Å². The lowest BCUT2D eigenvalue weighted by atomic mass is 9.91. The Balaban J connectivity index is 1.69. The highest BCUT2D eigenvalue weighted by molar-refractivity contribution is 6.30. The molecule has 1 heterocycles. The van der Waals surface area contributed by atoms with Gasteiger partial charge in [0.05, 0.1) is 29.3 Å². The highest BCUT2D eigenvalue weighted by Gasteiger charge is 2.43. The third-order valence-corrected chi connectivity index (χ3v) is 6.51. The van der Waals surface area contributed by atoms with Gasteiger partial charge in [0.1, 0.15) is 0 Å². The van der Waals surface area contributed by atoms with Crippen LogP contribution >= 0.6 is 11.6 Å². The highest BCUT2D eigenvalue weighted by Crippen LogP contribution is 2.39. The first-order chi connectivity index (χ1) is 16.5. The zero-order chi connectivity index (χ0) is 25.4. The Bertz CT molecular complexity index is 1280. The van der Waals surface area contributed by atoms with Crippen molar-refractivity contribution < 1.29 is 18.0 Å². The van der Waals surface area contributed by atoms with E-state index in [4.69, 9.17) is 11.6 Å². The highest BCUT2D eigenvalue weighted by atomic mass is 35.5. The predicted molar refractivity (Wildman–Crippen MR) is 129 cm³/mol. The molecule has 0 radical (unpaired) electrons. The molecule has 0 aliphatic carbocycles. The maximum Gasteiger partial charge on any atom is 0.416 e. The fraction of sp³-hybridized carbons (Fsp3) is 0.259. The first kappa shape index (κ1) is 24.8. The van der Waals surface area contributed by atoms with Gasteiger partial charge in [-0.2, -0.15) is 18.4 Å². The summed E-state index contributed by atoms with van der Waals surface area (Å²) in [5.41, 5.74) is 0.689. The van der Waals surface area contributed by atoms with E-state index >= 15 is 0 Å². The summed E-state index contributed by atoms with van der Waals surface area (Å²) < 4.78 is 39.8. The smallest absolute Gasteiger partial charge is 0.304 e. The van der Waals surface area contributed by atoms with E-state index in [2.05, 4.69) is 11.4 Å². The molecular formula is C27H23ClF3N3O. The zero-order valence-electron chi connectivity index (χ0n) is 19.1. The zero-order valence-corrected chi connectivity index (χ0v) is 19.9. The summed E-state index contributed by atoms with van der Waals surface area (Å²) in [6.07, 6.45) is -4.09. The number of nitrogens with one attached hydrogen (secondary N) is 1. The molecule has 180 valence electrons. The molecule has 1 N–H and O–H groups in total. The lowest BCUT2D eigenvalue weighted by Crippen LogP contribution is -2.47. The van der Waals surface area contributed by atoms with Crippen LogP contribution in [0.4, 0.5) is 18.9 Å². The fourth-order valence-corrected chi connectivity index (χ4v) is 4.61. The minimum absolute atomic E-state index is 0.209. The SMILES string of the molecule is CC(C)(NC1CC(c2cccc(C#N)c2)N(c2ccc(Cl)cc2)C1=O)c1cccc(C(F)(F)F)c1. The van der Waals surface area contributed by atoms with E-state index in [1.54, 1.807) is 67.3 Å². The average molecular weight is 498 g/mol. The number of nitriles is 1. The molecule has 1 fully saturated rings. The van der Waals surface area contributed by atoms with Crippen molar-refractivity contribution >= 4 is 23.2 Å². The number of carbonyl (C=O) groups is 1. The Labute approximate surface area is 206 Å². The number of amides is 1. The van der Waals surface area contributed by atoms with E-state index in [0.29, 0.717) is 28.3 Å². The number of nitrogens with zero attached hydrogens (tertiary/aromatic N) is 2. The second-order valence-corrected chi connectivity index (χ2v) is 9.51. The molecule has 0 bridgehead atoms. The Hall–Kier alpha value is -3.34. The summed E-state index contributed by atoms with van der Waals surface area (Å²) in [5.74, 6) is -0.209. The van der Waals surface area contributed by atoms with E-state index in [1.807, 2.05) is 6.07 Å². The minimum atomic E-state index is -4.46. The van der Waals surface area contributed by atoms with Crippen molar-refractivity contribution in [1.29, 1.82) is 5.26 Å². The average Bonchev–Trinajstić information content (AvgIpc) is 3.14.